The summed E-state index contributed by atoms with van der Waals surface area (Å²) in [6.07, 6.45) is 0.688. The average molecular weight is 268 g/mol. The smallest absolute Gasteiger partial charge is 0.206 e. The molecule has 86 valence electrons. The molecule has 0 amide bonds. The lowest BCUT2D eigenvalue weighted by Crippen LogP contribution is -2.35. The molecule has 0 radical (unpaired) electrons. The molecule has 0 saturated carbocycles. The standard InChI is InChI=1S/C9H14ClNO2S2/c1-3-8(6-10)11-15(12,13)9-5-4-7(2)14-9/h4-5,8,11H,3,6H2,1-2H3. The Kier molecular flexibility index (Phi) is 4.58. The Morgan fingerprint density at radius 1 is 1.53 bits per heavy atom. The Morgan fingerprint density at radius 2 is 2.20 bits per heavy atom. The number of aryl methyl sites for hydroxylation is 1. The number of hydrogen-bond donors (Lipinski definition) is 1. The van der Waals surface area contributed by atoms with Crippen LogP contribution in [0, 0.1) is 6.92 Å². The van der Waals surface area contributed by atoms with E-state index >= 15 is 0 Å². The summed E-state index contributed by atoms with van der Waals surface area (Å²) in [4.78, 5) is 0.981. The molecule has 0 aliphatic carbocycles. The van der Waals surface area contributed by atoms with E-state index in [1.165, 1.54) is 11.3 Å². The first-order valence-electron chi connectivity index (χ1n) is 4.64. The summed E-state index contributed by atoms with van der Waals surface area (Å²) >= 11 is 6.91. The van der Waals surface area contributed by atoms with E-state index in [0.29, 0.717) is 16.5 Å². The Bertz CT molecular complexity index is 410. The van der Waals surface area contributed by atoms with E-state index in [0.717, 1.165) is 4.88 Å². The van der Waals surface area contributed by atoms with Gasteiger partial charge < -0.3 is 0 Å². The number of rotatable bonds is 5. The van der Waals surface area contributed by atoms with E-state index < -0.39 is 10.0 Å². The zero-order chi connectivity index (χ0) is 11.5. The number of alkyl halides is 1. The molecular formula is C9H14ClNO2S2. The van der Waals surface area contributed by atoms with Crippen LogP contribution in [0.1, 0.15) is 18.2 Å². The van der Waals surface area contributed by atoms with Crippen LogP contribution in [0.15, 0.2) is 16.3 Å². The van der Waals surface area contributed by atoms with Crippen molar-refractivity contribution in [2.45, 2.75) is 30.5 Å². The molecule has 0 fully saturated rings. The summed E-state index contributed by atoms with van der Waals surface area (Å²) in [6, 6.07) is 3.21. The van der Waals surface area contributed by atoms with Crippen molar-refractivity contribution in [1.82, 2.24) is 4.72 Å². The molecule has 3 nitrogen and oxygen atoms in total. The highest BCUT2D eigenvalue weighted by atomic mass is 35.5. The van der Waals surface area contributed by atoms with Gasteiger partial charge in [-0.15, -0.1) is 22.9 Å². The highest BCUT2D eigenvalue weighted by molar-refractivity contribution is 7.91. The van der Waals surface area contributed by atoms with Crippen molar-refractivity contribution in [3.8, 4) is 0 Å². The topological polar surface area (TPSA) is 46.2 Å². The third kappa shape index (κ3) is 3.45. The van der Waals surface area contributed by atoms with Gasteiger partial charge >= 0.3 is 0 Å². The number of thiophene rings is 1. The van der Waals surface area contributed by atoms with Crippen molar-refractivity contribution in [2.75, 3.05) is 5.88 Å². The lowest BCUT2D eigenvalue weighted by molar-refractivity contribution is 0.559. The first kappa shape index (κ1) is 13.0. The first-order chi connectivity index (χ1) is 6.99. The molecule has 6 heteroatoms. The second kappa shape index (κ2) is 5.30. The number of sulfonamides is 1. The third-order valence-electron chi connectivity index (χ3n) is 1.98. The van der Waals surface area contributed by atoms with Crippen LogP contribution in [0.2, 0.25) is 0 Å². The van der Waals surface area contributed by atoms with E-state index in [1.54, 1.807) is 12.1 Å². The van der Waals surface area contributed by atoms with Gasteiger partial charge in [-0.05, 0) is 25.5 Å². The zero-order valence-corrected chi connectivity index (χ0v) is 11.0. The lowest BCUT2D eigenvalue weighted by Gasteiger charge is -2.12. The van der Waals surface area contributed by atoms with E-state index in [2.05, 4.69) is 4.72 Å². The molecule has 0 spiro atoms. The third-order valence-corrected chi connectivity index (χ3v) is 5.37. The molecule has 1 heterocycles. The van der Waals surface area contributed by atoms with Crippen LogP contribution in [-0.2, 0) is 10.0 Å². The van der Waals surface area contributed by atoms with Crippen LogP contribution in [0.5, 0.6) is 0 Å². The van der Waals surface area contributed by atoms with Gasteiger partial charge in [-0.25, -0.2) is 13.1 Å². The van der Waals surface area contributed by atoms with Gasteiger partial charge in [-0.1, -0.05) is 6.92 Å². The molecule has 0 aromatic carbocycles. The molecule has 15 heavy (non-hydrogen) atoms. The van der Waals surface area contributed by atoms with E-state index in [-0.39, 0.29) is 6.04 Å². The van der Waals surface area contributed by atoms with Crippen molar-refractivity contribution in [3.63, 3.8) is 0 Å². The van der Waals surface area contributed by atoms with Gasteiger partial charge in [-0.3, -0.25) is 0 Å². The Morgan fingerprint density at radius 3 is 2.60 bits per heavy atom. The fourth-order valence-electron chi connectivity index (χ4n) is 1.06. The maximum Gasteiger partial charge on any atom is 0.250 e. The van der Waals surface area contributed by atoms with Crippen molar-refractivity contribution in [2.24, 2.45) is 0 Å². The normalized spacial score (nSPS) is 14.1. The predicted octanol–water partition coefficient (Wildman–Crippen LogP) is 2.35. The minimum absolute atomic E-state index is 0.195. The molecule has 0 aliphatic heterocycles. The minimum atomic E-state index is -3.38. The summed E-state index contributed by atoms with van der Waals surface area (Å²) in [6.45, 7) is 3.78. The largest absolute Gasteiger partial charge is 0.250 e. The van der Waals surface area contributed by atoms with Crippen LogP contribution >= 0.6 is 22.9 Å². The van der Waals surface area contributed by atoms with E-state index in [4.69, 9.17) is 11.6 Å². The fourth-order valence-corrected chi connectivity index (χ4v) is 4.06. The maximum atomic E-state index is 11.8. The molecule has 1 atom stereocenters. The summed E-state index contributed by atoms with van der Waals surface area (Å²) in [5, 5.41) is 0. The van der Waals surface area contributed by atoms with E-state index in [9.17, 15) is 8.42 Å². The van der Waals surface area contributed by atoms with Gasteiger partial charge in [0, 0.05) is 16.8 Å². The Balaban J connectivity index is 2.84. The van der Waals surface area contributed by atoms with Crippen molar-refractivity contribution in [1.29, 1.82) is 0 Å². The maximum absolute atomic E-state index is 11.8. The van der Waals surface area contributed by atoms with Crippen molar-refractivity contribution in [3.05, 3.63) is 17.0 Å². The highest BCUT2D eigenvalue weighted by Crippen LogP contribution is 2.20. The molecule has 1 N–H and O–H groups in total. The van der Waals surface area contributed by atoms with Crippen molar-refractivity contribution >= 4 is 33.0 Å². The van der Waals surface area contributed by atoms with Crippen LogP contribution in [0.25, 0.3) is 0 Å². The second-order valence-electron chi connectivity index (χ2n) is 3.25. The van der Waals surface area contributed by atoms with E-state index in [1.807, 2.05) is 13.8 Å². The van der Waals surface area contributed by atoms with Crippen LogP contribution in [0.3, 0.4) is 0 Å². The van der Waals surface area contributed by atoms with Gasteiger partial charge in [0.25, 0.3) is 0 Å². The molecular weight excluding hydrogens is 254 g/mol. The Labute approximate surface area is 99.5 Å². The van der Waals surface area contributed by atoms with Crippen LogP contribution in [0.4, 0.5) is 0 Å². The monoisotopic (exact) mass is 267 g/mol. The summed E-state index contributed by atoms with van der Waals surface area (Å²) in [5.74, 6) is 0.292. The molecule has 0 bridgehead atoms. The molecule has 0 saturated heterocycles. The molecule has 1 aromatic heterocycles. The SMILES string of the molecule is CCC(CCl)NS(=O)(=O)c1ccc(C)s1. The van der Waals surface area contributed by atoms with Crippen LogP contribution < -0.4 is 4.72 Å². The van der Waals surface area contributed by atoms with Gasteiger partial charge in [0.05, 0.1) is 0 Å². The summed E-state index contributed by atoms with van der Waals surface area (Å²) < 4.78 is 26.6. The second-order valence-corrected chi connectivity index (χ2v) is 6.78. The van der Waals surface area contributed by atoms with Crippen molar-refractivity contribution < 1.29 is 8.42 Å². The summed E-state index contributed by atoms with van der Waals surface area (Å²) in [5.41, 5.74) is 0. The highest BCUT2D eigenvalue weighted by Gasteiger charge is 2.19. The van der Waals surface area contributed by atoms with Crippen LogP contribution in [-0.4, -0.2) is 20.3 Å². The lowest BCUT2D eigenvalue weighted by atomic mass is 10.3. The zero-order valence-electron chi connectivity index (χ0n) is 8.66. The average Bonchev–Trinajstić information content (AvgIpc) is 2.62. The van der Waals surface area contributed by atoms with Gasteiger partial charge in [-0.2, -0.15) is 0 Å². The molecule has 1 aromatic rings. The molecule has 1 unspecified atom stereocenters. The Hall–Kier alpha value is -0.100. The summed E-state index contributed by atoms with van der Waals surface area (Å²) in [7, 11) is -3.38. The number of halogens is 1. The van der Waals surface area contributed by atoms with Gasteiger partial charge in [0.2, 0.25) is 10.0 Å². The van der Waals surface area contributed by atoms with Gasteiger partial charge in [0.15, 0.2) is 0 Å². The molecule has 0 aliphatic rings. The number of hydrogen-bond acceptors (Lipinski definition) is 3. The van der Waals surface area contributed by atoms with Gasteiger partial charge in [0.1, 0.15) is 4.21 Å². The fraction of sp³-hybridized carbons (Fsp3) is 0.556. The first-order valence-corrected chi connectivity index (χ1v) is 7.47. The number of nitrogens with one attached hydrogen (secondary N) is 1. The minimum Gasteiger partial charge on any atom is -0.206 e. The molecule has 1 rings (SSSR count). The predicted molar refractivity (Wildman–Crippen MR) is 64.2 cm³/mol. The quantitative estimate of drug-likeness (QED) is 0.833.